The second kappa shape index (κ2) is 6.59. The number of benzene rings is 1. The summed E-state index contributed by atoms with van der Waals surface area (Å²) in [6.45, 7) is 1.86. The Balaban J connectivity index is 1.86. The number of nitrogens with zero attached hydrogens (tertiary/aromatic N) is 2. The Bertz CT molecular complexity index is 1180. The van der Waals surface area contributed by atoms with Crippen molar-refractivity contribution in [3.8, 4) is 11.6 Å². The van der Waals surface area contributed by atoms with E-state index in [1.165, 1.54) is 31.6 Å². The summed E-state index contributed by atoms with van der Waals surface area (Å²) in [6.07, 6.45) is 2.78. The van der Waals surface area contributed by atoms with E-state index >= 15 is 0 Å². The third-order valence-corrected chi connectivity index (χ3v) is 4.56. The normalized spacial score (nSPS) is 15.2. The number of hydrogen-bond acceptors (Lipinski definition) is 5. The topological polar surface area (TPSA) is 82.5 Å². The molecule has 2 aromatic heterocycles. The van der Waals surface area contributed by atoms with Crippen LogP contribution in [-0.4, -0.2) is 29.2 Å². The third-order valence-electron chi connectivity index (χ3n) is 4.56. The van der Waals surface area contributed by atoms with E-state index in [-0.39, 0.29) is 40.7 Å². The van der Waals surface area contributed by atoms with Gasteiger partial charge in [-0.2, -0.15) is 4.39 Å². The lowest BCUT2D eigenvalue weighted by atomic mass is 10.1. The van der Waals surface area contributed by atoms with Crippen LogP contribution in [0.1, 0.15) is 23.3 Å². The number of amides is 1. The smallest absolute Gasteiger partial charge is 0.261 e. The van der Waals surface area contributed by atoms with Gasteiger partial charge in [-0.15, -0.1) is 0 Å². The molecule has 28 heavy (non-hydrogen) atoms. The molecule has 7 nitrogen and oxygen atoms in total. The summed E-state index contributed by atoms with van der Waals surface area (Å²) in [4.78, 5) is 29.5. The van der Waals surface area contributed by atoms with Crippen LogP contribution in [0.15, 0.2) is 35.4 Å². The van der Waals surface area contributed by atoms with Gasteiger partial charge in [0, 0.05) is 24.1 Å². The number of halogens is 2. The zero-order valence-electron chi connectivity index (χ0n) is 15.0. The van der Waals surface area contributed by atoms with Gasteiger partial charge in [0.25, 0.3) is 5.91 Å². The Labute approximate surface area is 157 Å². The molecule has 0 fully saturated rings. The maximum Gasteiger partial charge on any atom is 0.261 e. The molecule has 1 atom stereocenters. The molecular formula is C19H15F2N3O4. The second-order valence-corrected chi connectivity index (χ2v) is 6.38. The SMILES string of the molecule is COc1cc(NC(=O)c2cn3c4c(c(F)c(F)cc4c2=O)OC[C@@H]3C)ccn1. The summed E-state index contributed by atoms with van der Waals surface area (Å²) >= 11 is 0. The molecule has 1 aromatic carbocycles. The number of anilines is 1. The van der Waals surface area contributed by atoms with Gasteiger partial charge < -0.3 is 19.4 Å². The molecule has 0 radical (unpaired) electrons. The van der Waals surface area contributed by atoms with Crippen molar-refractivity contribution < 1.29 is 23.0 Å². The van der Waals surface area contributed by atoms with Crippen molar-refractivity contribution in [3.63, 3.8) is 0 Å². The minimum absolute atomic E-state index is 0.0773. The molecular weight excluding hydrogens is 372 g/mol. The number of nitrogens with one attached hydrogen (secondary N) is 1. The molecule has 1 N–H and O–H groups in total. The second-order valence-electron chi connectivity index (χ2n) is 6.38. The van der Waals surface area contributed by atoms with Crippen LogP contribution in [0.5, 0.6) is 11.6 Å². The number of pyridine rings is 2. The lowest BCUT2D eigenvalue weighted by Crippen LogP contribution is -2.29. The average molecular weight is 387 g/mol. The van der Waals surface area contributed by atoms with E-state index in [2.05, 4.69) is 10.3 Å². The van der Waals surface area contributed by atoms with E-state index in [4.69, 9.17) is 9.47 Å². The maximum absolute atomic E-state index is 14.1. The van der Waals surface area contributed by atoms with Crippen LogP contribution in [0.2, 0.25) is 0 Å². The van der Waals surface area contributed by atoms with Crippen molar-refractivity contribution in [2.75, 3.05) is 19.0 Å². The molecule has 1 amide bonds. The Kier molecular flexibility index (Phi) is 4.21. The zero-order chi connectivity index (χ0) is 20.0. The van der Waals surface area contributed by atoms with E-state index in [1.54, 1.807) is 11.5 Å². The number of aromatic nitrogens is 2. The zero-order valence-corrected chi connectivity index (χ0v) is 15.0. The largest absolute Gasteiger partial charge is 0.486 e. The molecule has 0 bridgehead atoms. The first kappa shape index (κ1) is 17.9. The van der Waals surface area contributed by atoms with Gasteiger partial charge in [-0.25, -0.2) is 9.37 Å². The highest BCUT2D eigenvalue weighted by Gasteiger charge is 2.28. The van der Waals surface area contributed by atoms with Crippen LogP contribution in [0, 0.1) is 11.6 Å². The standard InChI is InChI=1S/C19H15F2N3O4/c1-9-8-28-18-15(21)13(20)6-11-16(18)24(9)7-12(17(11)25)19(26)23-10-3-4-22-14(5-10)27-2/h3-7,9H,8H2,1-2H3,(H,22,23,26)/t9-/m0/s1. The monoisotopic (exact) mass is 387 g/mol. The minimum atomic E-state index is -1.21. The first-order chi connectivity index (χ1) is 13.4. The van der Waals surface area contributed by atoms with Gasteiger partial charge >= 0.3 is 0 Å². The lowest BCUT2D eigenvalue weighted by molar-refractivity contribution is 0.102. The summed E-state index contributed by atoms with van der Waals surface area (Å²) in [7, 11) is 1.43. The quantitative estimate of drug-likeness (QED) is 0.747. The summed E-state index contributed by atoms with van der Waals surface area (Å²) in [5.74, 6) is -3.09. The van der Waals surface area contributed by atoms with Crippen LogP contribution in [-0.2, 0) is 0 Å². The van der Waals surface area contributed by atoms with Crippen LogP contribution in [0.25, 0.3) is 10.9 Å². The average Bonchev–Trinajstić information content (AvgIpc) is 2.69. The van der Waals surface area contributed by atoms with Crippen LogP contribution in [0.4, 0.5) is 14.5 Å². The number of ether oxygens (including phenoxy) is 2. The number of methoxy groups -OCH3 is 1. The summed E-state index contributed by atoms with van der Waals surface area (Å²) < 4.78 is 39.9. The van der Waals surface area contributed by atoms with Crippen molar-refractivity contribution >= 4 is 22.5 Å². The highest BCUT2D eigenvalue weighted by atomic mass is 19.2. The first-order valence-corrected chi connectivity index (χ1v) is 8.41. The highest BCUT2D eigenvalue weighted by molar-refractivity contribution is 6.06. The highest BCUT2D eigenvalue weighted by Crippen LogP contribution is 2.35. The predicted molar refractivity (Wildman–Crippen MR) is 97.1 cm³/mol. The fourth-order valence-corrected chi connectivity index (χ4v) is 3.15. The van der Waals surface area contributed by atoms with Crippen LogP contribution < -0.4 is 20.2 Å². The van der Waals surface area contributed by atoms with Crippen LogP contribution in [0.3, 0.4) is 0 Å². The third kappa shape index (κ3) is 2.75. The first-order valence-electron chi connectivity index (χ1n) is 8.41. The molecule has 0 saturated carbocycles. The Hall–Kier alpha value is -3.49. The van der Waals surface area contributed by atoms with Gasteiger partial charge in [0.1, 0.15) is 12.2 Å². The molecule has 1 aliphatic rings. The van der Waals surface area contributed by atoms with Crippen molar-refractivity contribution in [1.29, 1.82) is 0 Å². The predicted octanol–water partition coefficient (Wildman–Crippen LogP) is 2.89. The van der Waals surface area contributed by atoms with Crippen molar-refractivity contribution in [2.45, 2.75) is 13.0 Å². The molecule has 0 unspecified atom stereocenters. The van der Waals surface area contributed by atoms with Gasteiger partial charge in [-0.3, -0.25) is 9.59 Å². The number of hydrogen-bond donors (Lipinski definition) is 1. The summed E-state index contributed by atoms with van der Waals surface area (Å²) in [5.41, 5.74) is -0.418. The summed E-state index contributed by atoms with van der Waals surface area (Å²) in [5, 5.41) is 2.47. The van der Waals surface area contributed by atoms with E-state index < -0.39 is 23.0 Å². The van der Waals surface area contributed by atoms with Crippen molar-refractivity contribution in [1.82, 2.24) is 9.55 Å². The van der Waals surface area contributed by atoms with E-state index in [0.717, 1.165) is 6.07 Å². The number of carbonyl (C=O) groups excluding carboxylic acids is 1. The fraction of sp³-hybridized carbons (Fsp3) is 0.211. The Morgan fingerprint density at radius 3 is 2.93 bits per heavy atom. The molecule has 144 valence electrons. The van der Waals surface area contributed by atoms with Crippen molar-refractivity contribution in [3.05, 3.63) is 58.0 Å². The number of rotatable bonds is 3. The molecule has 9 heteroatoms. The van der Waals surface area contributed by atoms with Crippen molar-refractivity contribution in [2.24, 2.45) is 0 Å². The van der Waals surface area contributed by atoms with E-state index in [0.29, 0.717) is 5.69 Å². The van der Waals surface area contributed by atoms with Crippen LogP contribution >= 0.6 is 0 Å². The van der Waals surface area contributed by atoms with Gasteiger partial charge in [0.15, 0.2) is 11.6 Å². The van der Waals surface area contributed by atoms with Gasteiger partial charge in [-0.1, -0.05) is 0 Å². The van der Waals surface area contributed by atoms with E-state index in [1.807, 2.05) is 0 Å². The van der Waals surface area contributed by atoms with Gasteiger partial charge in [0.2, 0.25) is 17.1 Å². The number of carbonyl (C=O) groups is 1. The maximum atomic E-state index is 14.1. The molecule has 4 rings (SSSR count). The molecule has 3 aromatic rings. The van der Waals surface area contributed by atoms with Gasteiger partial charge in [-0.05, 0) is 19.1 Å². The molecule has 0 aliphatic carbocycles. The Morgan fingerprint density at radius 1 is 1.39 bits per heavy atom. The molecule has 0 saturated heterocycles. The molecule has 1 aliphatic heterocycles. The van der Waals surface area contributed by atoms with E-state index in [9.17, 15) is 18.4 Å². The van der Waals surface area contributed by atoms with Gasteiger partial charge in [0.05, 0.1) is 24.1 Å². The minimum Gasteiger partial charge on any atom is -0.486 e. The molecule has 3 heterocycles. The molecule has 0 spiro atoms. The Morgan fingerprint density at radius 2 is 2.18 bits per heavy atom. The lowest BCUT2D eigenvalue weighted by Gasteiger charge is -2.27. The fourth-order valence-electron chi connectivity index (χ4n) is 3.15. The summed E-state index contributed by atoms with van der Waals surface area (Å²) in [6, 6.07) is 3.53.